The molecule has 74 valence electrons. The van der Waals surface area contributed by atoms with Gasteiger partial charge in [0.05, 0.1) is 6.61 Å². The fraction of sp³-hybridized carbons (Fsp3) is 0.500. The van der Waals surface area contributed by atoms with Gasteiger partial charge in [0.2, 0.25) is 0 Å². The normalized spacial score (nSPS) is 11.8. The first-order valence-electron chi connectivity index (χ1n) is 4.08. The van der Waals surface area contributed by atoms with Crippen molar-refractivity contribution in [3.63, 3.8) is 0 Å². The number of hydrogen-bond donors (Lipinski definition) is 0. The molecule has 0 aliphatic heterocycles. The van der Waals surface area contributed by atoms with Gasteiger partial charge in [-0.2, -0.15) is 19.8 Å². The van der Waals surface area contributed by atoms with Crippen LogP contribution in [-0.2, 0) is 14.3 Å². The molecule has 5 heteroatoms. The number of rotatable bonds is 5. The van der Waals surface area contributed by atoms with E-state index >= 15 is 0 Å². The maximum Gasteiger partial charge on any atom is 0.297 e. The Bertz CT molecular complexity index is 326. The van der Waals surface area contributed by atoms with Crippen molar-refractivity contribution >= 4 is 21.5 Å². The molecule has 0 aromatic carbocycles. The average Bonchev–Trinajstić information content (AvgIpc) is 2.56. The van der Waals surface area contributed by atoms with Crippen LogP contribution >= 0.6 is 11.3 Å². The van der Waals surface area contributed by atoms with Crippen LogP contribution in [-0.4, -0.2) is 15.0 Å². The molecule has 1 aromatic heterocycles. The second-order valence-electron chi connectivity index (χ2n) is 2.59. The van der Waals surface area contributed by atoms with E-state index in [2.05, 4.69) is 0 Å². The second kappa shape index (κ2) is 4.74. The van der Waals surface area contributed by atoms with E-state index in [1.807, 2.05) is 6.92 Å². The standard InChI is InChI=1S/C8H12O3S2/c1-2-3-5-11-13(9,10)8-4-6-12-7-8/h4,6-7H,2-3,5H2,1H3. The van der Waals surface area contributed by atoms with Crippen LogP contribution in [0, 0.1) is 0 Å². The summed E-state index contributed by atoms with van der Waals surface area (Å²) >= 11 is 1.35. The first-order valence-corrected chi connectivity index (χ1v) is 6.43. The number of hydrogen-bond acceptors (Lipinski definition) is 4. The lowest BCUT2D eigenvalue weighted by Crippen LogP contribution is -2.06. The van der Waals surface area contributed by atoms with Crippen molar-refractivity contribution in [2.45, 2.75) is 24.7 Å². The van der Waals surface area contributed by atoms with E-state index in [9.17, 15) is 8.42 Å². The topological polar surface area (TPSA) is 43.4 Å². The molecule has 0 amide bonds. The summed E-state index contributed by atoms with van der Waals surface area (Å²) < 4.78 is 27.5. The summed E-state index contributed by atoms with van der Waals surface area (Å²) in [6.45, 7) is 2.26. The molecule has 0 unspecified atom stereocenters. The maximum absolute atomic E-state index is 11.4. The van der Waals surface area contributed by atoms with Crippen LogP contribution in [0.25, 0.3) is 0 Å². The Morgan fingerprint density at radius 2 is 2.31 bits per heavy atom. The van der Waals surface area contributed by atoms with Crippen LogP contribution in [0.2, 0.25) is 0 Å². The summed E-state index contributed by atoms with van der Waals surface area (Å²) in [5.41, 5.74) is 0. The highest BCUT2D eigenvalue weighted by molar-refractivity contribution is 7.86. The molecule has 3 nitrogen and oxygen atoms in total. The highest BCUT2D eigenvalue weighted by Crippen LogP contribution is 2.15. The van der Waals surface area contributed by atoms with Gasteiger partial charge in [0.1, 0.15) is 4.90 Å². The summed E-state index contributed by atoms with van der Waals surface area (Å²) in [6.07, 6.45) is 1.70. The smallest absolute Gasteiger partial charge is 0.266 e. The highest BCUT2D eigenvalue weighted by atomic mass is 32.2. The van der Waals surface area contributed by atoms with Gasteiger partial charge in [0, 0.05) is 5.38 Å². The molecule has 0 fully saturated rings. The summed E-state index contributed by atoms with van der Waals surface area (Å²) in [5, 5.41) is 3.29. The number of unbranched alkanes of at least 4 members (excludes halogenated alkanes) is 1. The van der Waals surface area contributed by atoms with E-state index in [4.69, 9.17) is 4.18 Å². The molecule has 0 radical (unpaired) electrons. The van der Waals surface area contributed by atoms with Crippen LogP contribution < -0.4 is 0 Å². The Morgan fingerprint density at radius 1 is 1.54 bits per heavy atom. The van der Waals surface area contributed by atoms with Gasteiger partial charge < -0.3 is 0 Å². The zero-order valence-corrected chi connectivity index (χ0v) is 9.03. The third kappa shape index (κ3) is 3.10. The Hall–Kier alpha value is -0.390. The minimum atomic E-state index is -3.48. The third-order valence-corrected chi connectivity index (χ3v) is 3.66. The van der Waals surface area contributed by atoms with E-state index in [0.717, 1.165) is 12.8 Å². The van der Waals surface area contributed by atoms with Crippen molar-refractivity contribution in [2.75, 3.05) is 6.61 Å². The SMILES string of the molecule is CCCCOS(=O)(=O)c1ccsc1. The fourth-order valence-electron chi connectivity index (χ4n) is 0.775. The predicted octanol–water partition coefficient (Wildman–Crippen LogP) is 2.25. The molecule has 0 saturated carbocycles. The van der Waals surface area contributed by atoms with Crippen molar-refractivity contribution in [1.82, 2.24) is 0 Å². The molecule has 1 heterocycles. The zero-order chi connectivity index (χ0) is 9.73. The molecule has 1 rings (SSSR count). The average molecular weight is 220 g/mol. The predicted molar refractivity (Wildman–Crippen MR) is 52.4 cm³/mol. The van der Waals surface area contributed by atoms with Gasteiger partial charge in [-0.1, -0.05) is 13.3 Å². The van der Waals surface area contributed by atoms with Crippen LogP contribution in [0.4, 0.5) is 0 Å². The van der Waals surface area contributed by atoms with Crippen LogP contribution in [0.3, 0.4) is 0 Å². The van der Waals surface area contributed by atoms with Crippen LogP contribution in [0.5, 0.6) is 0 Å². The van der Waals surface area contributed by atoms with Gasteiger partial charge in [-0.05, 0) is 17.9 Å². The summed E-state index contributed by atoms with van der Waals surface area (Å²) in [7, 11) is -3.48. The van der Waals surface area contributed by atoms with E-state index in [1.54, 1.807) is 16.8 Å². The van der Waals surface area contributed by atoms with Crippen LogP contribution in [0.1, 0.15) is 19.8 Å². The van der Waals surface area contributed by atoms with Gasteiger partial charge in [0.15, 0.2) is 0 Å². The van der Waals surface area contributed by atoms with Crippen molar-refractivity contribution in [3.8, 4) is 0 Å². The fourth-order valence-corrected chi connectivity index (χ4v) is 2.72. The molecular weight excluding hydrogens is 208 g/mol. The molecule has 0 aliphatic carbocycles. The maximum atomic E-state index is 11.4. The molecule has 0 aliphatic rings. The minimum Gasteiger partial charge on any atom is -0.266 e. The second-order valence-corrected chi connectivity index (χ2v) is 4.98. The Balaban J connectivity index is 2.58. The molecule has 1 aromatic rings. The molecule has 0 N–H and O–H groups in total. The monoisotopic (exact) mass is 220 g/mol. The Kier molecular flexibility index (Phi) is 3.90. The van der Waals surface area contributed by atoms with Gasteiger partial charge in [-0.15, -0.1) is 0 Å². The highest BCUT2D eigenvalue weighted by Gasteiger charge is 2.14. The summed E-state index contributed by atoms with van der Waals surface area (Å²) in [4.78, 5) is 0.258. The van der Waals surface area contributed by atoms with Crippen molar-refractivity contribution in [3.05, 3.63) is 16.8 Å². The molecule has 0 bridgehead atoms. The minimum absolute atomic E-state index is 0.258. The first kappa shape index (κ1) is 10.7. The van der Waals surface area contributed by atoms with E-state index in [0.29, 0.717) is 0 Å². The zero-order valence-electron chi connectivity index (χ0n) is 7.39. The van der Waals surface area contributed by atoms with Gasteiger partial charge in [-0.25, -0.2) is 0 Å². The lowest BCUT2D eigenvalue weighted by Gasteiger charge is -2.01. The molecular formula is C8H12O3S2. The first-order chi connectivity index (χ1) is 6.17. The lowest BCUT2D eigenvalue weighted by atomic mass is 10.4. The Morgan fingerprint density at radius 3 is 2.85 bits per heavy atom. The van der Waals surface area contributed by atoms with E-state index < -0.39 is 10.1 Å². The lowest BCUT2D eigenvalue weighted by molar-refractivity contribution is 0.311. The van der Waals surface area contributed by atoms with Crippen molar-refractivity contribution in [1.29, 1.82) is 0 Å². The molecule has 0 atom stereocenters. The molecule has 0 saturated heterocycles. The third-order valence-electron chi connectivity index (χ3n) is 1.52. The largest absolute Gasteiger partial charge is 0.297 e. The Labute approximate surface area is 82.5 Å². The number of thiophene rings is 1. The quantitative estimate of drug-likeness (QED) is 0.564. The van der Waals surface area contributed by atoms with Gasteiger partial charge in [0.25, 0.3) is 10.1 Å². The van der Waals surface area contributed by atoms with Gasteiger partial charge in [-0.3, -0.25) is 4.18 Å². The summed E-state index contributed by atoms with van der Waals surface area (Å²) in [6, 6.07) is 1.55. The van der Waals surface area contributed by atoms with Crippen molar-refractivity contribution < 1.29 is 12.6 Å². The van der Waals surface area contributed by atoms with E-state index in [1.165, 1.54) is 11.3 Å². The summed E-state index contributed by atoms with van der Waals surface area (Å²) in [5.74, 6) is 0. The van der Waals surface area contributed by atoms with Crippen LogP contribution in [0.15, 0.2) is 21.7 Å². The molecule has 0 spiro atoms. The molecule has 13 heavy (non-hydrogen) atoms. The van der Waals surface area contributed by atoms with Crippen molar-refractivity contribution in [2.24, 2.45) is 0 Å². The van der Waals surface area contributed by atoms with E-state index in [-0.39, 0.29) is 11.5 Å². The van der Waals surface area contributed by atoms with Gasteiger partial charge >= 0.3 is 0 Å².